The molecule has 1 heterocycles. The zero-order chi connectivity index (χ0) is 13.8. The van der Waals surface area contributed by atoms with Crippen LogP contribution in [-0.4, -0.2) is 37.2 Å². The fourth-order valence-electron chi connectivity index (χ4n) is 1.91. The number of ether oxygens (including phenoxy) is 1. The van der Waals surface area contributed by atoms with Crippen LogP contribution in [0.25, 0.3) is 0 Å². The van der Waals surface area contributed by atoms with Gasteiger partial charge in [0.15, 0.2) is 0 Å². The summed E-state index contributed by atoms with van der Waals surface area (Å²) in [6.07, 6.45) is 2.26. The Bertz CT molecular complexity index is 276. The van der Waals surface area contributed by atoms with Gasteiger partial charge >= 0.3 is 5.97 Å². The molecule has 1 fully saturated rings. The summed E-state index contributed by atoms with van der Waals surface area (Å²) < 4.78 is 5.45. The van der Waals surface area contributed by atoms with Crippen molar-refractivity contribution in [3.05, 3.63) is 0 Å². The molecule has 1 aliphatic heterocycles. The van der Waals surface area contributed by atoms with E-state index in [1.807, 2.05) is 34.6 Å². The van der Waals surface area contributed by atoms with Gasteiger partial charge in [-0.05, 0) is 60.5 Å². The summed E-state index contributed by atoms with van der Waals surface area (Å²) in [5.74, 6) is -0.128. The van der Waals surface area contributed by atoms with Crippen LogP contribution in [-0.2, 0) is 9.53 Å². The summed E-state index contributed by atoms with van der Waals surface area (Å²) in [7, 11) is 0. The van der Waals surface area contributed by atoms with Crippen molar-refractivity contribution >= 4 is 5.97 Å². The number of hydrogen-bond donors (Lipinski definition) is 2. The molecule has 1 aliphatic rings. The highest BCUT2D eigenvalue weighted by Crippen LogP contribution is 2.21. The highest BCUT2D eigenvalue weighted by molar-refractivity contribution is 5.76. The lowest BCUT2D eigenvalue weighted by Gasteiger charge is -2.31. The Hall–Kier alpha value is -0.610. The summed E-state index contributed by atoms with van der Waals surface area (Å²) >= 11 is 0. The summed E-state index contributed by atoms with van der Waals surface area (Å²) in [4.78, 5) is 12.1. The zero-order valence-corrected chi connectivity index (χ0v) is 12.4. The van der Waals surface area contributed by atoms with Crippen LogP contribution >= 0.6 is 0 Å². The fourth-order valence-corrected chi connectivity index (χ4v) is 1.91. The highest BCUT2D eigenvalue weighted by atomic mass is 16.6. The van der Waals surface area contributed by atoms with E-state index in [1.54, 1.807) is 0 Å². The fraction of sp³-hybridized carbons (Fsp3) is 0.929. The number of carbonyl (C=O) groups is 1. The predicted octanol–water partition coefficient (Wildman–Crippen LogP) is 1.70. The molecule has 0 aromatic carbocycles. The van der Waals surface area contributed by atoms with E-state index in [0.29, 0.717) is 12.6 Å². The van der Waals surface area contributed by atoms with Gasteiger partial charge in [0.1, 0.15) is 5.60 Å². The van der Waals surface area contributed by atoms with E-state index < -0.39 is 11.0 Å². The maximum Gasteiger partial charge on any atom is 0.313 e. The van der Waals surface area contributed by atoms with E-state index in [2.05, 4.69) is 10.6 Å². The number of esters is 1. The highest BCUT2D eigenvalue weighted by Gasteiger charge is 2.33. The second-order valence-corrected chi connectivity index (χ2v) is 6.79. The molecule has 0 radical (unpaired) electrons. The molecule has 2 N–H and O–H groups in total. The quantitative estimate of drug-likeness (QED) is 0.752. The topological polar surface area (TPSA) is 50.4 Å². The molecule has 1 saturated heterocycles. The first-order valence-corrected chi connectivity index (χ1v) is 6.88. The van der Waals surface area contributed by atoms with Crippen molar-refractivity contribution in [3.63, 3.8) is 0 Å². The first kappa shape index (κ1) is 15.4. The van der Waals surface area contributed by atoms with Crippen LogP contribution in [0.5, 0.6) is 0 Å². The number of carbonyl (C=O) groups excluding carboxylic acids is 1. The molecule has 4 heteroatoms. The molecule has 0 aliphatic carbocycles. The molecule has 1 rings (SSSR count). The second kappa shape index (κ2) is 6.02. The van der Waals surface area contributed by atoms with Crippen molar-refractivity contribution in [2.24, 2.45) is 5.41 Å². The lowest BCUT2D eigenvalue weighted by molar-refractivity contribution is -0.165. The number of piperidine rings is 1. The van der Waals surface area contributed by atoms with Gasteiger partial charge in [-0.15, -0.1) is 0 Å². The molecule has 0 spiro atoms. The molecule has 0 aromatic rings. The zero-order valence-electron chi connectivity index (χ0n) is 12.4. The summed E-state index contributed by atoms with van der Waals surface area (Å²) in [6.45, 7) is 12.4. The molecule has 0 unspecified atom stereocenters. The van der Waals surface area contributed by atoms with Crippen molar-refractivity contribution < 1.29 is 9.53 Å². The monoisotopic (exact) mass is 256 g/mol. The van der Waals surface area contributed by atoms with Crippen LogP contribution in [0.3, 0.4) is 0 Å². The molecule has 0 bridgehead atoms. The van der Waals surface area contributed by atoms with Gasteiger partial charge < -0.3 is 15.4 Å². The smallest absolute Gasteiger partial charge is 0.313 e. The van der Waals surface area contributed by atoms with E-state index in [4.69, 9.17) is 4.74 Å². The lowest BCUT2D eigenvalue weighted by atomic mass is 9.92. The molecular formula is C14H28N2O2. The third kappa shape index (κ3) is 5.36. The van der Waals surface area contributed by atoms with Gasteiger partial charge in [0.2, 0.25) is 0 Å². The van der Waals surface area contributed by atoms with Gasteiger partial charge in [0.25, 0.3) is 0 Å². The normalized spacial score (nSPS) is 18.7. The Morgan fingerprint density at radius 2 is 1.78 bits per heavy atom. The van der Waals surface area contributed by atoms with Crippen LogP contribution in [0, 0.1) is 5.41 Å². The predicted molar refractivity (Wildman–Crippen MR) is 73.5 cm³/mol. The van der Waals surface area contributed by atoms with E-state index in [0.717, 1.165) is 25.9 Å². The van der Waals surface area contributed by atoms with Crippen LogP contribution in [0.15, 0.2) is 0 Å². The second-order valence-electron chi connectivity index (χ2n) is 6.79. The summed E-state index contributed by atoms with van der Waals surface area (Å²) in [6, 6.07) is 0.521. The van der Waals surface area contributed by atoms with Crippen LogP contribution in [0.4, 0.5) is 0 Å². The Morgan fingerprint density at radius 1 is 1.22 bits per heavy atom. The molecule has 106 valence electrons. The van der Waals surface area contributed by atoms with Gasteiger partial charge in [-0.25, -0.2) is 0 Å². The van der Waals surface area contributed by atoms with Gasteiger partial charge in [-0.1, -0.05) is 0 Å². The maximum absolute atomic E-state index is 12.1. The van der Waals surface area contributed by atoms with Gasteiger partial charge in [0.05, 0.1) is 5.41 Å². The molecular weight excluding hydrogens is 228 g/mol. The molecule has 4 nitrogen and oxygen atoms in total. The molecule has 0 atom stereocenters. The number of rotatable bonds is 4. The minimum Gasteiger partial charge on any atom is -0.460 e. The van der Waals surface area contributed by atoms with Gasteiger partial charge in [0, 0.05) is 12.6 Å². The first-order chi connectivity index (χ1) is 8.21. The Balaban J connectivity index is 2.40. The summed E-state index contributed by atoms with van der Waals surface area (Å²) in [5.41, 5.74) is -0.888. The molecule has 0 aromatic heterocycles. The standard InChI is InChI=1S/C14H28N2O2/c1-13(2,3)18-12(17)14(4,5)10-16-11-6-8-15-9-7-11/h11,15-16H,6-10H2,1-5H3. The molecule has 0 saturated carbocycles. The molecule has 0 amide bonds. The van der Waals surface area contributed by atoms with Crippen LogP contribution in [0.1, 0.15) is 47.5 Å². The van der Waals surface area contributed by atoms with Gasteiger partial charge in [-0.2, -0.15) is 0 Å². The molecule has 18 heavy (non-hydrogen) atoms. The van der Waals surface area contributed by atoms with E-state index >= 15 is 0 Å². The van der Waals surface area contributed by atoms with Crippen LogP contribution in [0.2, 0.25) is 0 Å². The SMILES string of the molecule is CC(C)(C)OC(=O)C(C)(C)CNC1CCNCC1. The van der Waals surface area contributed by atoms with Crippen molar-refractivity contribution in [1.82, 2.24) is 10.6 Å². The first-order valence-electron chi connectivity index (χ1n) is 6.88. The van der Waals surface area contributed by atoms with Crippen LogP contribution < -0.4 is 10.6 Å². The van der Waals surface area contributed by atoms with E-state index in [9.17, 15) is 4.79 Å². The van der Waals surface area contributed by atoms with E-state index in [-0.39, 0.29) is 5.97 Å². The Labute approximate surface area is 111 Å². The van der Waals surface area contributed by atoms with Crippen molar-refractivity contribution in [2.75, 3.05) is 19.6 Å². The third-order valence-corrected chi connectivity index (χ3v) is 3.12. The number of nitrogens with one attached hydrogen (secondary N) is 2. The number of hydrogen-bond acceptors (Lipinski definition) is 4. The minimum absolute atomic E-state index is 0.128. The summed E-state index contributed by atoms with van der Waals surface area (Å²) in [5, 5.41) is 6.82. The lowest BCUT2D eigenvalue weighted by Crippen LogP contribution is -2.46. The van der Waals surface area contributed by atoms with Crippen molar-refractivity contribution in [3.8, 4) is 0 Å². The average Bonchev–Trinajstić information content (AvgIpc) is 2.26. The largest absolute Gasteiger partial charge is 0.460 e. The maximum atomic E-state index is 12.1. The minimum atomic E-state index is -0.474. The van der Waals surface area contributed by atoms with E-state index in [1.165, 1.54) is 0 Å². The average molecular weight is 256 g/mol. The Morgan fingerprint density at radius 3 is 2.28 bits per heavy atom. The van der Waals surface area contributed by atoms with Crippen molar-refractivity contribution in [2.45, 2.75) is 59.1 Å². The van der Waals surface area contributed by atoms with Gasteiger partial charge in [-0.3, -0.25) is 4.79 Å². The van der Waals surface area contributed by atoms with Crippen molar-refractivity contribution in [1.29, 1.82) is 0 Å². The third-order valence-electron chi connectivity index (χ3n) is 3.12. The Kier molecular flexibility index (Phi) is 5.17.